The molecule has 1 aromatic rings. The largest absolute Gasteiger partial charge is 0.327 e. The maximum Gasteiger partial charge on any atom is 0.0178 e. The quantitative estimate of drug-likeness (QED) is 0.876. The van der Waals surface area contributed by atoms with Crippen molar-refractivity contribution in [3.05, 3.63) is 34.3 Å². The van der Waals surface area contributed by atoms with Crippen molar-refractivity contribution in [1.29, 1.82) is 0 Å². The van der Waals surface area contributed by atoms with Gasteiger partial charge in [0, 0.05) is 10.5 Å². The number of nitrogens with two attached hydrogens (primary N) is 1. The normalized spacial score (nSPS) is 15.6. The molecule has 0 saturated carbocycles. The van der Waals surface area contributed by atoms with Crippen LogP contribution in [-0.4, -0.2) is 6.04 Å². The van der Waals surface area contributed by atoms with Gasteiger partial charge in [0.2, 0.25) is 0 Å². The van der Waals surface area contributed by atoms with Crippen LogP contribution in [0.2, 0.25) is 0 Å². The Bertz CT molecular complexity index is 354. The van der Waals surface area contributed by atoms with Crippen molar-refractivity contribution in [2.24, 2.45) is 17.1 Å². The fourth-order valence-corrected chi connectivity index (χ4v) is 2.30. The minimum atomic E-state index is 0.249. The van der Waals surface area contributed by atoms with E-state index in [0.29, 0.717) is 11.3 Å². The van der Waals surface area contributed by atoms with E-state index in [1.54, 1.807) is 0 Å². The summed E-state index contributed by atoms with van der Waals surface area (Å²) in [5, 5.41) is 0. The maximum absolute atomic E-state index is 6.24. The van der Waals surface area contributed by atoms with Crippen molar-refractivity contribution in [1.82, 2.24) is 0 Å². The standard InChI is InChI=1S/C15H24BrN/c1-11(15(2,3)4)8-14(17)10-12-6-5-7-13(16)9-12/h5-7,9,11,14H,8,10,17H2,1-4H3. The average Bonchev–Trinajstić information content (AvgIpc) is 2.15. The summed E-state index contributed by atoms with van der Waals surface area (Å²) in [5.74, 6) is 0.643. The number of benzene rings is 1. The molecule has 17 heavy (non-hydrogen) atoms. The van der Waals surface area contributed by atoms with Gasteiger partial charge in [-0.25, -0.2) is 0 Å². The van der Waals surface area contributed by atoms with Crippen molar-refractivity contribution >= 4 is 15.9 Å². The second-order valence-electron chi connectivity index (χ2n) is 6.10. The number of hydrogen-bond donors (Lipinski definition) is 1. The van der Waals surface area contributed by atoms with Crippen LogP contribution in [-0.2, 0) is 6.42 Å². The summed E-state index contributed by atoms with van der Waals surface area (Å²) in [7, 11) is 0. The Morgan fingerprint density at radius 1 is 1.29 bits per heavy atom. The van der Waals surface area contributed by atoms with Gasteiger partial charge in [-0.2, -0.15) is 0 Å². The zero-order valence-corrected chi connectivity index (χ0v) is 12.9. The molecule has 2 N–H and O–H groups in total. The summed E-state index contributed by atoms with van der Waals surface area (Å²) < 4.78 is 1.13. The SMILES string of the molecule is CC(CC(N)Cc1cccc(Br)c1)C(C)(C)C. The van der Waals surface area contributed by atoms with Gasteiger partial charge in [-0.1, -0.05) is 55.8 Å². The predicted molar refractivity (Wildman–Crippen MR) is 79.1 cm³/mol. The Hall–Kier alpha value is -0.340. The molecule has 2 atom stereocenters. The lowest BCUT2D eigenvalue weighted by atomic mass is 9.78. The maximum atomic E-state index is 6.24. The topological polar surface area (TPSA) is 26.0 Å². The molecule has 2 heteroatoms. The van der Waals surface area contributed by atoms with Gasteiger partial charge in [-0.3, -0.25) is 0 Å². The van der Waals surface area contributed by atoms with Gasteiger partial charge in [0.15, 0.2) is 0 Å². The van der Waals surface area contributed by atoms with Gasteiger partial charge >= 0.3 is 0 Å². The first-order valence-corrected chi connectivity index (χ1v) is 7.08. The first-order valence-electron chi connectivity index (χ1n) is 6.29. The fraction of sp³-hybridized carbons (Fsp3) is 0.600. The van der Waals surface area contributed by atoms with E-state index in [2.05, 4.69) is 61.8 Å². The summed E-state index contributed by atoms with van der Waals surface area (Å²) in [6.07, 6.45) is 2.04. The predicted octanol–water partition coefficient (Wildman–Crippen LogP) is 4.39. The second kappa shape index (κ2) is 6.01. The smallest absolute Gasteiger partial charge is 0.0178 e. The molecular weight excluding hydrogens is 274 g/mol. The molecule has 0 aliphatic heterocycles. The van der Waals surface area contributed by atoms with Gasteiger partial charge in [0.05, 0.1) is 0 Å². The van der Waals surface area contributed by atoms with Gasteiger partial charge in [0.25, 0.3) is 0 Å². The van der Waals surface area contributed by atoms with Gasteiger partial charge in [0.1, 0.15) is 0 Å². The van der Waals surface area contributed by atoms with E-state index in [1.807, 2.05) is 6.07 Å². The average molecular weight is 298 g/mol. The molecule has 1 aromatic carbocycles. The van der Waals surface area contributed by atoms with E-state index >= 15 is 0 Å². The van der Waals surface area contributed by atoms with E-state index in [-0.39, 0.29) is 6.04 Å². The third-order valence-corrected chi connectivity index (χ3v) is 4.01. The molecule has 1 rings (SSSR count). The molecule has 0 bridgehead atoms. The van der Waals surface area contributed by atoms with Crippen LogP contribution in [0.15, 0.2) is 28.7 Å². The van der Waals surface area contributed by atoms with Crippen LogP contribution in [0.5, 0.6) is 0 Å². The highest BCUT2D eigenvalue weighted by Gasteiger charge is 2.22. The zero-order valence-electron chi connectivity index (χ0n) is 11.3. The van der Waals surface area contributed by atoms with E-state index in [1.165, 1.54) is 5.56 Å². The van der Waals surface area contributed by atoms with E-state index < -0.39 is 0 Å². The number of halogens is 1. The van der Waals surface area contributed by atoms with Crippen LogP contribution < -0.4 is 5.73 Å². The van der Waals surface area contributed by atoms with Gasteiger partial charge in [-0.15, -0.1) is 0 Å². The molecule has 0 fully saturated rings. The van der Waals surface area contributed by atoms with Crippen molar-refractivity contribution in [3.8, 4) is 0 Å². The summed E-state index contributed by atoms with van der Waals surface area (Å²) in [6.45, 7) is 9.14. The van der Waals surface area contributed by atoms with Crippen LogP contribution in [0.3, 0.4) is 0 Å². The Morgan fingerprint density at radius 3 is 2.47 bits per heavy atom. The van der Waals surface area contributed by atoms with Crippen LogP contribution in [0.25, 0.3) is 0 Å². The lowest BCUT2D eigenvalue weighted by Crippen LogP contribution is -2.30. The lowest BCUT2D eigenvalue weighted by molar-refractivity contribution is 0.233. The van der Waals surface area contributed by atoms with Gasteiger partial charge < -0.3 is 5.73 Å². The highest BCUT2D eigenvalue weighted by atomic mass is 79.9. The molecular formula is C15H24BrN. The molecule has 96 valence electrons. The van der Waals surface area contributed by atoms with Crippen molar-refractivity contribution in [3.63, 3.8) is 0 Å². The van der Waals surface area contributed by atoms with E-state index in [9.17, 15) is 0 Å². The van der Waals surface area contributed by atoms with E-state index in [0.717, 1.165) is 17.3 Å². The fourth-order valence-electron chi connectivity index (χ4n) is 1.86. The van der Waals surface area contributed by atoms with Gasteiger partial charge in [-0.05, 0) is 41.9 Å². The molecule has 0 heterocycles. The van der Waals surface area contributed by atoms with Crippen LogP contribution in [0.4, 0.5) is 0 Å². The molecule has 0 aromatic heterocycles. The van der Waals surface area contributed by atoms with Crippen molar-refractivity contribution in [2.75, 3.05) is 0 Å². The summed E-state index contributed by atoms with van der Waals surface area (Å²) in [6, 6.07) is 8.67. The molecule has 0 amide bonds. The van der Waals surface area contributed by atoms with Crippen LogP contribution >= 0.6 is 15.9 Å². The molecule has 2 unspecified atom stereocenters. The molecule has 1 nitrogen and oxygen atoms in total. The molecule has 0 radical (unpaired) electrons. The van der Waals surface area contributed by atoms with Crippen molar-refractivity contribution in [2.45, 2.75) is 46.6 Å². The van der Waals surface area contributed by atoms with Crippen LogP contribution in [0, 0.1) is 11.3 Å². The second-order valence-corrected chi connectivity index (χ2v) is 7.01. The summed E-state index contributed by atoms with van der Waals surface area (Å²) >= 11 is 3.49. The monoisotopic (exact) mass is 297 g/mol. The molecule has 0 aliphatic carbocycles. The molecule has 0 spiro atoms. The summed E-state index contributed by atoms with van der Waals surface area (Å²) in [4.78, 5) is 0. The number of hydrogen-bond acceptors (Lipinski definition) is 1. The third kappa shape index (κ3) is 5.22. The Morgan fingerprint density at radius 2 is 1.94 bits per heavy atom. The highest BCUT2D eigenvalue weighted by molar-refractivity contribution is 9.10. The highest BCUT2D eigenvalue weighted by Crippen LogP contribution is 2.29. The third-order valence-electron chi connectivity index (χ3n) is 3.52. The first-order chi connectivity index (χ1) is 7.79. The Labute approximate surface area is 114 Å². The molecule has 0 saturated heterocycles. The van der Waals surface area contributed by atoms with E-state index in [4.69, 9.17) is 5.73 Å². The Balaban J connectivity index is 2.53. The Kier molecular flexibility index (Phi) is 5.21. The minimum Gasteiger partial charge on any atom is -0.327 e. The van der Waals surface area contributed by atoms with Crippen molar-refractivity contribution < 1.29 is 0 Å². The molecule has 0 aliphatic rings. The van der Waals surface area contributed by atoms with Crippen LogP contribution in [0.1, 0.15) is 39.7 Å². The summed E-state index contributed by atoms with van der Waals surface area (Å²) in [5.41, 5.74) is 7.89. The first kappa shape index (κ1) is 14.7. The minimum absolute atomic E-state index is 0.249. The number of rotatable bonds is 4. The lowest BCUT2D eigenvalue weighted by Gasteiger charge is -2.29. The zero-order chi connectivity index (χ0) is 13.1.